The summed E-state index contributed by atoms with van der Waals surface area (Å²) in [4.78, 5) is 34.5. The van der Waals surface area contributed by atoms with Gasteiger partial charge in [-0.3, -0.25) is 14.8 Å². The van der Waals surface area contributed by atoms with Crippen LogP contribution in [-0.4, -0.2) is 28.1 Å². The van der Waals surface area contributed by atoms with E-state index in [1.807, 2.05) is 19.1 Å². The molecule has 3 heterocycles. The molecule has 8 nitrogen and oxygen atoms in total. The van der Waals surface area contributed by atoms with Crippen LogP contribution in [0.1, 0.15) is 46.6 Å². The predicted molar refractivity (Wildman–Crippen MR) is 124 cm³/mol. The number of pyridine rings is 1. The van der Waals surface area contributed by atoms with E-state index in [-0.39, 0.29) is 24.5 Å². The van der Waals surface area contributed by atoms with Crippen molar-refractivity contribution in [1.82, 2.24) is 9.97 Å². The van der Waals surface area contributed by atoms with E-state index in [0.717, 1.165) is 20.9 Å². The molecule has 1 aliphatic carbocycles. The lowest BCUT2D eigenvalue weighted by atomic mass is 9.95. The number of nitrogen functional groups attached to an aromatic ring is 1. The standard InChI is InChI=1S/C22H24N4O4S2/c1-13(14-3-2-6-24-9-14)7-19(27)26-21-20(23)17-5-4-15(8-18(17)32-21)30-22(28)29-11-16-10-25-12-31-16/h2-3,6,9-10,12-13,15H,4-5,7-8,11,23H2,1H3,(H,26,27). The first kappa shape index (κ1) is 22.2. The van der Waals surface area contributed by atoms with E-state index >= 15 is 0 Å². The number of thiophene rings is 1. The lowest BCUT2D eigenvalue weighted by Crippen LogP contribution is -2.25. The van der Waals surface area contributed by atoms with Crippen molar-refractivity contribution in [2.75, 3.05) is 11.1 Å². The van der Waals surface area contributed by atoms with Gasteiger partial charge in [0.05, 0.1) is 16.1 Å². The molecular weight excluding hydrogens is 448 g/mol. The topological polar surface area (TPSA) is 116 Å². The molecule has 2 atom stereocenters. The summed E-state index contributed by atoms with van der Waals surface area (Å²) in [5.74, 6) is -0.0423. The lowest BCUT2D eigenvalue weighted by Gasteiger charge is -2.22. The van der Waals surface area contributed by atoms with Crippen molar-refractivity contribution in [3.8, 4) is 0 Å². The molecule has 1 amide bonds. The van der Waals surface area contributed by atoms with Gasteiger partial charge in [-0.2, -0.15) is 0 Å². The number of carbonyl (C=O) groups excluding carboxylic acids is 2. The Kier molecular flexibility index (Phi) is 7.01. The van der Waals surface area contributed by atoms with Crippen molar-refractivity contribution in [2.45, 2.75) is 51.2 Å². The summed E-state index contributed by atoms with van der Waals surface area (Å²) in [6.45, 7) is 2.15. The number of nitrogens with two attached hydrogens (primary N) is 1. The Morgan fingerprint density at radius 2 is 2.22 bits per heavy atom. The first-order valence-electron chi connectivity index (χ1n) is 10.3. The Morgan fingerprint density at radius 3 is 2.97 bits per heavy atom. The van der Waals surface area contributed by atoms with Gasteiger partial charge >= 0.3 is 6.16 Å². The quantitative estimate of drug-likeness (QED) is 0.485. The number of fused-ring (bicyclic) bond motifs is 1. The van der Waals surface area contributed by atoms with Crippen molar-refractivity contribution in [1.29, 1.82) is 0 Å². The van der Waals surface area contributed by atoms with E-state index in [9.17, 15) is 9.59 Å². The van der Waals surface area contributed by atoms with E-state index in [1.165, 1.54) is 22.7 Å². The molecule has 10 heteroatoms. The highest BCUT2D eigenvalue weighted by atomic mass is 32.1. The zero-order valence-electron chi connectivity index (χ0n) is 17.6. The molecule has 3 aromatic heterocycles. The molecule has 3 aromatic rings. The summed E-state index contributed by atoms with van der Waals surface area (Å²) in [5.41, 5.74) is 10.7. The van der Waals surface area contributed by atoms with Crippen LogP contribution < -0.4 is 11.1 Å². The second-order valence-electron chi connectivity index (χ2n) is 7.68. The fourth-order valence-electron chi connectivity index (χ4n) is 3.63. The first-order chi connectivity index (χ1) is 15.5. The molecule has 0 aromatic carbocycles. The Bertz CT molecular complexity index is 1070. The van der Waals surface area contributed by atoms with Gasteiger partial charge in [0, 0.05) is 36.3 Å². The normalized spacial score (nSPS) is 16.1. The van der Waals surface area contributed by atoms with Crippen molar-refractivity contribution in [3.05, 3.63) is 57.1 Å². The molecule has 0 spiro atoms. The van der Waals surface area contributed by atoms with Gasteiger partial charge in [0.1, 0.15) is 17.7 Å². The summed E-state index contributed by atoms with van der Waals surface area (Å²) < 4.78 is 10.6. The highest BCUT2D eigenvalue weighted by Crippen LogP contribution is 2.41. The van der Waals surface area contributed by atoms with Crippen LogP contribution in [-0.2, 0) is 33.7 Å². The van der Waals surface area contributed by atoms with Crippen molar-refractivity contribution >= 4 is 45.4 Å². The van der Waals surface area contributed by atoms with Gasteiger partial charge in [-0.05, 0) is 36.0 Å². The number of amides is 1. The zero-order chi connectivity index (χ0) is 22.5. The highest BCUT2D eigenvalue weighted by Gasteiger charge is 2.28. The maximum absolute atomic E-state index is 12.6. The maximum atomic E-state index is 12.6. The predicted octanol–water partition coefficient (Wildman–Crippen LogP) is 4.52. The molecule has 0 bridgehead atoms. The minimum Gasteiger partial charge on any atom is -0.431 e. The number of thiazole rings is 1. The van der Waals surface area contributed by atoms with E-state index in [2.05, 4.69) is 15.3 Å². The molecule has 4 rings (SSSR count). The molecule has 168 valence electrons. The smallest absolute Gasteiger partial charge is 0.431 e. The van der Waals surface area contributed by atoms with Gasteiger partial charge < -0.3 is 20.5 Å². The fourth-order valence-corrected chi connectivity index (χ4v) is 5.38. The van der Waals surface area contributed by atoms with Crippen LogP contribution in [0.3, 0.4) is 0 Å². The number of hydrogen-bond acceptors (Lipinski definition) is 9. The van der Waals surface area contributed by atoms with Gasteiger partial charge in [0.25, 0.3) is 0 Å². The number of carbonyl (C=O) groups is 2. The fraction of sp³-hybridized carbons (Fsp3) is 0.364. The second kappa shape index (κ2) is 10.1. The molecular formula is C22H24N4O4S2. The maximum Gasteiger partial charge on any atom is 0.508 e. The molecule has 0 radical (unpaired) electrons. The molecule has 0 aliphatic heterocycles. The SMILES string of the molecule is CC(CC(=O)Nc1sc2c(c1N)CCC(OC(=O)OCc1cncs1)C2)c1cccnc1. The number of nitrogens with zero attached hydrogens (tertiary/aromatic N) is 2. The van der Waals surface area contributed by atoms with Crippen molar-refractivity contribution in [3.63, 3.8) is 0 Å². The summed E-state index contributed by atoms with van der Waals surface area (Å²) in [6.07, 6.45) is 6.43. The van der Waals surface area contributed by atoms with E-state index in [4.69, 9.17) is 15.2 Å². The van der Waals surface area contributed by atoms with Crippen molar-refractivity contribution < 1.29 is 19.1 Å². The minimum absolute atomic E-state index is 0.0493. The van der Waals surface area contributed by atoms with Crippen LogP contribution in [0.25, 0.3) is 0 Å². The lowest BCUT2D eigenvalue weighted by molar-refractivity contribution is -0.116. The highest BCUT2D eigenvalue weighted by molar-refractivity contribution is 7.17. The van der Waals surface area contributed by atoms with Crippen LogP contribution >= 0.6 is 22.7 Å². The number of nitrogens with one attached hydrogen (secondary N) is 1. The Morgan fingerprint density at radius 1 is 1.34 bits per heavy atom. The third-order valence-corrected chi connectivity index (χ3v) is 7.28. The molecule has 3 N–H and O–H groups in total. The molecule has 0 fully saturated rings. The third kappa shape index (κ3) is 5.43. The van der Waals surface area contributed by atoms with Gasteiger partial charge in [0.15, 0.2) is 0 Å². The zero-order valence-corrected chi connectivity index (χ0v) is 19.2. The van der Waals surface area contributed by atoms with E-state index in [1.54, 1.807) is 24.1 Å². The third-order valence-electron chi connectivity index (χ3n) is 5.34. The number of anilines is 2. The van der Waals surface area contributed by atoms with E-state index in [0.29, 0.717) is 36.4 Å². The first-order valence-corrected chi connectivity index (χ1v) is 12.0. The summed E-state index contributed by atoms with van der Waals surface area (Å²) >= 11 is 2.87. The molecule has 1 aliphatic rings. The number of ether oxygens (including phenoxy) is 2. The van der Waals surface area contributed by atoms with Crippen LogP contribution in [0.2, 0.25) is 0 Å². The minimum atomic E-state index is -0.686. The molecule has 2 unspecified atom stereocenters. The average molecular weight is 473 g/mol. The summed E-state index contributed by atoms with van der Waals surface area (Å²) in [5, 5.41) is 3.62. The van der Waals surface area contributed by atoms with Gasteiger partial charge in [-0.15, -0.1) is 22.7 Å². The number of aromatic nitrogens is 2. The number of rotatable bonds is 7. The van der Waals surface area contributed by atoms with E-state index < -0.39 is 6.16 Å². The Labute approximate surface area is 193 Å². The molecule has 32 heavy (non-hydrogen) atoms. The van der Waals surface area contributed by atoms with Crippen LogP contribution in [0, 0.1) is 0 Å². The van der Waals surface area contributed by atoms with Crippen LogP contribution in [0.15, 0.2) is 36.2 Å². The average Bonchev–Trinajstić information content (AvgIpc) is 3.41. The Balaban J connectivity index is 1.31. The summed E-state index contributed by atoms with van der Waals surface area (Å²) in [6, 6.07) is 3.83. The molecule has 0 saturated heterocycles. The summed E-state index contributed by atoms with van der Waals surface area (Å²) in [7, 11) is 0. The monoisotopic (exact) mass is 472 g/mol. The second-order valence-corrected chi connectivity index (χ2v) is 9.75. The van der Waals surface area contributed by atoms with Gasteiger partial charge in [0.2, 0.25) is 5.91 Å². The van der Waals surface area contributed by atoms with Crippen LogP contribution in [0.4, 0.5) is 15.5 Å². The van der Waals surface area contributed by atoms with Gasteiger partial charge in [-0.1, -0.05) is 13.0 Å². The van der Waals surface area contributed by atoms with Gasteiger partial charge in [-0.25, -0.2) is 4.79 Å². The van der Waals surface area contributed by atoms with Crippen LogP contribution in [0.5, 0.6) is 0 Å². The number of hydrogen-bond donors (Lipinski definition) is 2. The largest absolute Gasteiger partial charge is 0.508 e. The van der Waals surface area contributed by atoms with Crippen molar-refractivity contribution in [2.24, 2.45) is 0 Å². The molecule has 0 saturated carbocycles. The Hall–Kier alpha value is -2.98.